The van der Waals surface area contributed by atoms with Crippen molar-refractivity contribution in [3.63, 3.8) is 0 Å². The van der Waals surface area contributed by atoms with Crippen LogP contribution in [-0.2, 0) is 4.79 Å². The first-order valence-electron chi connectivity index (χ1n) is 12.8. The fraction of sp³-hybridized carbons (Fsp3) is 0.281. The third-order valence-electron chi connectivity index (χ3n) is 7.18. The molecule has 0 saturated heterocycles. The van der Waals surface area contributed by atoms with Crippen molar-refractivity contribution in [3.05, 3.63) is 108 Å². The molecule has 5 rings (SSSR count). The van der Waals surface area contributed by atoms with Gasteiger partial charge in [-0.05, 0) is 67.3 Å². The van der Waals surface area contributed by atoms with Gasteiger partial charge in [0, 0.05) is 24.1 Å². The highest BCUT2D eigenvalue weighted by Crippen LogP contribution is 2.41. The summed E-state index contributed by atoms with van der Waals surface area (Å²) < 4.78 is 12.3. The van der Waals surface area contributed by atoms with E-state index >= 15 is 0 Å². The second kappa shape index (κ2) is 11.5. The highest BCUT2D eigenvalue weighted by molar-refractivity contribution is 5.86. The van der Waals surface area contributed by atoms with Crippen molar-refractivity contribution in [3.8, 4) is 11.5 Å². The van der Waals surface area contributed by atoms with Crippen LogP contribution in [0.3, 0.4) is 0 Å². The molecule has 0 saturated carbocycles. The van der Waals surface area contributed by atoms with E-state index in [1.165, 1.54) is 16.3 Å². The Kier molecular flexibility index (Phi) is 8.29. The molecule has 0 unspecified atom stereocenters. The normalized spacial score (nSPS) is 17.6. The summed E-state index contributed by atoms with van der Waals surface area (Å²) >= 11 is 0. The Hall–Kier alpha value is -3.54. The van der Waals surface area contributed by atoms with Crippen LogP contribution in [0.25, 0.3) is 10.8 Å². The van der Waals surface area contributed by atoms with Crippen molar-refractivity contribution in [1.82, 2.24) is 5.32 Å². The molecule has 4 aromatic carbocycles. The van der Waals surface area contributed by atoms with Crippen LogP contribution in [0.1, 0.15) is 55.8 Å². The van der Waals surface area contributed by atoms with Gasteiger partial charge in [0.25, 0.3) is 0 Å². The molecule has 1 heterocycles. The number of carboxylic acids is 1. The predicted octanol–water partition coefficient (Wildman–Crippen LogP) is 7.14. The first-order chi connectivity index (χ1) is 17.8. The number of hydrogen-bond acceptors (Lipinski definition) is 4. The van der Waals surface area contributed by atoms with Crippen molar-refractivity contribution in [2.45, 2.75) is 50.9 Å². The minimum Gasteiger partial charge on any atom is -0.489 e. The van der Waals surface area contributed by atoms with Crippen LogP contribution in [-0.4, -0.2) is 29.3 Å². The maximum Gasteiger partial charge on any atom is 0.347 e. The number of carbonyl (C=O) groups is 1. The Labute approximate surface area is 230 Å². The summed E-state index contributed by atoms with van der Waals surface area (Å²) in [6, 6.07) is 31.0. The highest BCUT2D eigenvalue weighted by Gasteiger charge is 2.32. The second-order valence-electron chi connectivity index (χ2n) is 10.3. The summed E-state index contributed by atoms with van der Waals surface area (Å²) in [7, 11) is 0. The SMILES string of the molecule is C[C@@H](NC[C@H]1C[C@@H](c2cccc(OC(C)(C)C(=O)O)c2)c2ccccc2O1)c1cccc2ccccc12.Cl. The zero-order valence-corrected chi connectivity index (χ0v) is 22.7. The molecule has 0 radical (unpaired) electrons. The van der Waals surface area contributed by atoms with Crippen LogP contribution < -0.4 is 14.8 Å². The molecule has 3 atom stereocenters. The highest BCUT2D eigenvalue weighted by atomic mass is 35.5. The van der Waals surface area contributed by atoms with Gasteiger partial charge in [-0.2, -0.15) is 0 Å². The molecule has 2 N–H and O–H groups in total. The zero-order chi connectivity index (χ0) is 26.0. The fourth-order valence-electron chi connectivity index (χ4n) is 5.11. The summed E-state index contributed by atoms with van der Waals surface area (Å²) in [4.78, 5) is 11.6. The van der Waals surface area contributed by atoms with E-state index in [2.05, 4.69) is 66.8 Å². The van der Waals surface area contributed by atoms with E-state index in [1.807, 2.05) is 36.4 Å². The number of fused-ring (bicyclic) bond motifs is 2. The molecule has 0 amide bonds. The number of benzene rings is 4. The van der Waals surface area contributed by atoms with Gasteiger partial charge in [0.1, 0.15) is 17.6 Å². The maximum atomic E-state index is 11.6. The number of ether oxygens (including phenoxy) is 2. The number of para-hydroxylation sites is 1. The molecule has 6 heteroatoms. The molecule has 1 aliphatic rings. The Morgan fingerprint density at radius 2 is 1.74 bits per heavy atom. The van der Waals surface area contributed by atoms with Crippen LogP contribution in [0.2, 0.25) is 0 Å². The van der Waals surface area contributed by atoms with Crippen LogP contribution >= 0.6 is 12.4 Å². The quantitative estimate of drug-likeness (QED) is 0.253. The number of hydrogen-bond donors (Lipinski definition) is 2. The molecular formula is C32H34ClNO4. The Bertz CT molecular complexity index is 1410. The van der Waals surface area contributed by atoms with Crippen molar-refractivity contribution in [2.24, 2.45) is 0 Å². The molecule has 198 valence electrons. The van der Waals surface area contributed by atoms with E-state index in [4.69, 9.17) is 9.47 Å². The Morgan fingerprint density at radius 1 is 1.03 bits per heavy atom. The van der Waals surface area contributed by atoms with Crippen LogP contribution in [0.15, 0.2) is 91.0 Å². The van der Waals surface area contributed by atoms with Crippen LogP contribution in [0.5, 0.6) is 11.5 Å². The standard InChI is InChI=1S/C32H33NO4.ClH/c1-21(26-16-9-11-22-10-4-5-14-27(22)26)33-20-25-19-29(28-15-6-7-17-30(28)36-25)23-12-8-13-24(18-23)37-32(2,3)31(34)35;/h4-18,21,25,29,33H,19-20H2,1-3H3,(H,34,35);1H/t21-,25-,29+;/m1./s1. The van der Waals surface area contributed by atoms with Gasteiger partial charge in [-0.1, -0.05) is 72.8 Å². The van der Waals surface area contributed by atoms with Crippen molar-refractivity contribution in [2.75, 3.05) is 6.54 Å². The Morgan fingerprint density at radius 3 is 2.55 bits per heavy atom. The van der Waals surface area contributed by atoms with Crippen LogP contribution in [0.4, 0.5) is 0 Å². The van der Waals surface area contributed by atoms with Gasteiger partial charge < -0.3 is 19.9 Å². The number of nitrogens with one attached hydrogen (secondary N) is 1. The van der Waals surface area contributed by atoms with E-state index < -0.39 is 11.6 Å². The summed E-state index contributed by atoms with van der Waals surface area (Å²) in [5.41, 5.74) is 2.19. The number of carboxylic acid groups (broad SMARTS) is 1. The molecule has 0 fully saturated rings. The number of rotatable bonds is 8. The molecule has 0 spiro atoms. The van der Waals surface area contributed by atoms with Gasteiger partial charge in [-0.25, -0.2) is 4.79 Å². The lowest BCUT2D eigenvalue weighted by Gasteiger charge is -2.34. The van der Waals surface area contributed by atoms with Crippen LogP contribution in [0, 0.1) is 0 Å². The lowest BCUT2D eigenvalue weighted by atomic mass is 9.84. The first-order valence-corrected chi connectivity index (χ1v) is 12.8. The number of aliphatic carboxylic acids is 1. The smallest absolute Gasteiger partial charge is 0.347 e. The third-order valence-corrected chi connectivity index (χ3v) is 7.18. The maximum absolute atomic E-state index is 11.6. The van der Waals surface area contributed by atoms with E-state index in [-0.39, 0.29) is 30.5 Å². The average molecular weight is 532 g/mol. The molecular weight excluding hydrogens is 498 g/mol. The predicted molar refractivity (Wildman–Crippen MR) is 154 cm³/mol. The summed E-state index contributed by atoms with van der Waals surface area (Å²) in [6.45, 7) is 6.02. The fourth-order valence-corrected chi connectivity index (χ4v) is 5.11. The van der Waals surface area contributed by atoms with E-state index in [0.717, 1.165) is 23.3 Å². The van der Waals surface area contributed by atoms with Gasteiger partial charge >= 0.3 is 5.97 Å². The van der Waals surface area contributed by atoms with Gasteiger partial charge in [0.05, 0.1) is 0 Å². The van der Waals surface area contributed by atoms with Gasteiger partial charge in [-0.3, -0.25) is 0 Å². The molecule has 0 bridgehead atoms. The van der Waals surface area contributed by atoms with E-state index in [0.29, 0.717) is 12.3 Å². The lowest BCUT2D eigenvalue weighted by molar-refractivity contribution is -0.152. The molecule has 1 aliphatic heterocycles. The van der Waals surface area contributed by atoms with Crippen molar-refractivity contribution >= 4 is 29.1 Å². The van der Waals surface area contributed by atoms with Gasteiger partial charge in [0.15, 0.2) is 5.60 Å². The van der Waals surface area contributed by atoms with E-state index in [9.17, 15) is 9.90 Å². The number of halogens is 1. The second-order valence-corrected chi connectivity index (χ2v) is 10.3. The molecule has 5 nitrogen and oxygen atoms in total. The van der Waals surface area contributed by atoms with Crippen molar-refractivity contribution < 1.29 is 19.4 Å². The minimum atomic E-state index is -1.31. The van der Waals surface area contributed by atoms with Gasteiger partial charge in [-0.15, -0.1) is 12.4 Å². The monoisotopic (exact) mass is 531 g/mol. The topological polar surface area (TPSA) is 67.8 Å². The molecule has 4 aromatic rings. The third kappa shape index (κ3) is 5.79. The summed E-state index contributed by atoms with van der Waals surface area (Å²) in [6.07, 6.45) is 0.787. The van der Waals surface area contributed by atoms with E-state index in [1.54, 1.807) is 13.8 Å². The van der Waals surface area contributed by atoms with Crippen molar-refractivity contribution in [1.29, 1.82) is 0 Å². The summed E-state index contributed by atoms with van der Waals surface area (Å²) in [5.74, 6) is 0.551. The molecule has 38 heavy (non-hydrogen) atoms. The molecule has 0 aromatic heterocycles. The first kappa shape index (κ1) is 27.5. The largest absolute Gasteiger partial charge is 0.489 e. The average Bonchev–Trinajstić information content (AvgIpc) is 2.90. The minimum absolute atomic E-state index is 0. The van der Waals surface area contributed by atoms with Gasteiger partial charge in [0.2, 0.25) is 0 Å². The summed E-state index contributed by atoms with van der Waals surface area (Å²) in [5, 5.41) is 15.7. The molecule has 0 aliphatic carbocycles. The Balaban J connectivity index is 0.00000336. The lowest BCUT2D eigenvalue weighted by Crippen LogP contribution is -2.38. The zero-order valence-electron chi connectivity index (χ0n) is 21.9.